The van der Waals surface area contributed by atoms with Crippen molar-refractivity contribution in [3.05, 3.63) is 42.5 Å². The number of hydrazine groups is 1. The monoisotopic (exact) mass is 505 g/mol. The molecule has 0 aliphatic carbocycles. The van der Waals surface area contributed by atoms with Gasteiger partial charge in [0.05, 0.1) is 22.4 Å². The summed E-state index contributed by atoms with van der Waals surface area (Å²) in [7, 11) is -0.948. The van der Waals surface area contributed by atoms with Crippen molar-refractivity contribution in [3.63, 3.8) is 0 Å². The molecule has 9 heteroatoms. The van der Waals surface area contributed by atoms with E-state index in [1.165, 1.54) is 5.69 Å². The third-order valence-electron chi connectivity index (χ3n) is 8.91. The molecule has 3 heterocycles. The van der Waals surface area contributed by atoms with Gasteiger partial charge in [0, 0.05) is 31.9 Å². The van der Waals surface area contributed by atoms with Crippen molar-refractivity contribution < 1.29 is 18.6 Å². The predicted octanol–water partition coefficient (Wildman–Crippen LogP) is 2.95. The normalized spacial score (nSPS) is 24.6. The van der Waals surface area contributed by atoms with Crippen LogP contribution in [-0.4, -0.2) is 67.8 Å². The van der Waals surface area contributed by atoms with Crippen LogP contribution in [-0.2, 0) is 18.6 Å². The maximum absolute atomic E-state index is 6.42. The molecule has 0 atom stereocenters. The lowest BCUT2D eigenvalue weighted by molar-refractivity contribution is 0.00578. The lowest BCUT2D eigenvalue weighted by atomic mass is 9.70. The number of nitrogens with two attached hydrogens (primary N) is 1. The van der Waals surface area contributed by atoms with E-state index in [1.807, 2.05) is 5.01 Å². The first-order chi connectivity index (χ1) is 17.2. The first-order valence-corrected chi connectivity index (χ1v) is 13.4. The fraction of sp³-hybridized carbons (Fsp3) is 0.571. The molecule has 3 saturated heterocycles. The highest BCUT2D eigenvalue weighted by molar-refractivity contribution is 6.66. The number of benzene rings is 2. The summed E-state index contributed by atoms with van der Waals surface area (Å²) in [5.41, 5.74) is 3.65. The summed E-state index contributed by atoms with van der Waals surface area (Å²) in [5.74, 6) is 5.94. The number of anilines is 1. The van der Waals surface area contributed by atoms with Crippen molar-refractivity contribution in [1.29, 1.82) is 0 Å². The van der Waals surface area contributed by atoms with Gasteiger partial charge in [-0.2, -0.15) is 0 Å². The minimum atomic E-state index is -0.474. The van der Waals surface area contributed by atoms with Gasteiger partial charge in [0.2, 0.25) is 0 Å². The van der Waals surface area contributed by atoms with Crippen molar-refractivity contribution in [2.45, 2.75) is 77.8 Å². The molecule has 198 valence electrons. The Morgan fingerprint density at radius 2 is 1.00 bits per heavy atom. The summed E-state index contributed by atoms with van der Waals surface area (Å²) < 4.78 is 25.7. The molecule has 2 aromatic carbocycles. The fourth-order valence-corrected chi connectivity index (χ4v) is 4.92. The van der Waals surface area contributed by atoms with Crippen LogP contribution in [0.4, 0.5) is 5.69 Å². The molecular formula is C28H41B2N3O4. The van der Waals surface area contributed by atoms with E-state index in [-0.39, 0.29) is 0 Å². The molecule has 0 saturated carbocycles. The van der Waals surface area contributed by atoms with Gasteiger partial charge in [-0.15, -0.1) is 0 Å². The van der Waals surface area contributed by atoms with Gasteiger partial charge >= 0.3 is 14.2 Å². The van der Waals surface area contributed by atoms with Crippen molar-refractivity contribution in [2.75, 3.05) is 31.1 Å². The van der Waals surface area contributed by atoms with Gasteiger partial charge in [-0.3, -0.25) is 5.84 Å². The van der Waals surface area contributed by atoms with Crippen LogP contribution in [0.1, 0.15) is 55.4 Å². The summed E-state index contributed by atoms with van der Waals surface area (Å²) in [5, 5.41) is 1.88. The molecule has 37 heavy (non-hydrogen) atoms. The van der Waals surface area contributed by atoms with E-state index in [0.717, 1.165) is 48.2 Å². The molecule has 3 fully saturated rings. The van der Waals surface area contributed by atoms with E-state index in [2.05, 4.69) is 103 Å². The van der Waals surface area contributed by atoms with Crippen LogP contribution in [0.2, 0.25) is 0 Å². The van der Waals surface area contributed by atoms with Crippen LogP contribution in [0.15, 0.2) is 42.5 Å². The molecule has 0 spiro atoms. The van der Waals surface area contributed by atoms with Gasteiger partial charge in [0.15, 0.2) is 0 Å². The van der Waals surface area contributed by atoms with Gasteiger partial charge in [0.1, 0.15) is 0 Å². The van der Waals surface area contributed by atoms with Crippen molar-refractivity contribution in [1.82, 2.24) is 5.01 Å². The fourth-order valence-electron chi connectivity index (χ4n) is 4.92. The second-order valence-electron chi connectivity index (χ2n) is 12.6. The summed E-state index contributed by atoms with van der Waals surface area (Å²) in [6, 6.07) is 15.2. The van der Waals surface area contributed by atoms with Crippen LogP contribution in [0.3, 0.4) is 0 Å². The molecule has 0 amide bonds. The van der Waals surface area contributed by atoms with Gasteiger partial charge in [0.25, 0.3) is 0 Å². The first kappa shape index (κ1) is 26.7. The largest absolute Gasteiger partial charge is 0.494 e. The Balaban J connectivity index is 1.50. The number of hydrogen-bond acceptors (Lipinski definition) is 7. The second kappa shape index (κ2) is 9.11. The second-order valence-corrected chi connectivity index (χ2v) is 12.6. The predicted molar refractivity (Wildman–Crippen MR) is 151 cm³/mol. The Hall–Kier alpha value is -1.87. The Labute approximate surface area is 222 Å². The van der Waals surface area contributed by atoms with E-state index in [1.54, 1.807) is 0 Å². The molecule has 0 aromatic heterocycles. The van der Waals surface area contributed by atoms with Gasteiger partial charge < -0.3 is 23.5 Å². The highest BCUT2D eigenvalue weighted by Gasteiger charge is 2.54. The Kier molecular flexibility index (Phi) is 6.58. The Bertz CT molecular complexity index is 1060. The van der Waals surface area contributed by atoms with Gasteiger partial charge in [-0.25, -0.2) is 5.01 Å². The number of piperazine rings is 1. The van der Waals surface area contributed by atoms with E-state index in [0.29, 0.717) is 0 Å². The van der Waals surface area contributed by atoms with E-state index < -0.39 is 36.6 Å². The average molecular weight is 505 g/mol. The van der Waals surface area contributed by atoms with E-state index in [4.69, 9.17) is 24.5 Å². The van der Waals surface area contributed by atoms with Crippen molar-refractivity contribution in [3.8, 4) is 11.1 Å². The topological polar surface area (TPSA) is 69.4 Å². The quantitative estimate of drug-likeness (QED) is 0.507. The van der Waals surface area contributed by atoms with Crippen molar-refractivity contribution >= 4 is 30.8 Å². The zero-order valence-electron chi connectivity index (χ0n) is 23.6. The lowest BCUT2D eigenvalue weighted by Crippen LogP contribution is -2.49. The Morgan fingerprint density at radius 3 is 1.41 bits per heavy atom. The lowest BCUT2D eigenvalue weighted by Gasteiger charge is -2.33. The SMILES string of the molecule is CC1(C)OB(c2cc(B3OC(C)(C)C(C)(C)O3)cc(-c3ccc(N4CCN(N)CC4)cc3)c2)OC1(C)C. The third-order valence-corrected chi connectivity index (χ3v) is 8.91. The molecule has 2 N–H and O–H groups in total. The van der Waals surface area contributed by atoms with E-state index >= 15 is 0 Å². The molecule has 3 aliphatic rings. The number of rotatable bonds is 4. The molecule has 5 rings (SSSR count). The zero-order chi connectivity index (χ0) is 26.8. The summed E-state index contributed by atoms with van der Waals surface area (Å²) in [4.78, 5) is 2.38. The first-order valence-electron chi connectivity index (χ1n) is 13.4. The van der Waals surface area contributed by atoms with Crippen LogP contribution < -0.4 is 21.7 Å². The molecule has 0 radical (unpaired) electrons. The van der Waals surface area contributed by atoms with Crippen LogP contribution >= 0.6 is 0 Å². The number of hydrogen-bond donors (Lipinski definition) is 1. The smallest absolute Gasteiger partial charge is 0.399 e. The maximum Gasteiger partial charge on any atom is 0.494 e. The molecule has 3 aliphatic heterocycles. The molecular weight excluding hydrogens is 464 g/mol. The molecule has 7 nitrogen and oxygen atoms in total. The molecule has 0 bridgehead atoms. The molecule has 0 unspecified atom stereocenters. The Morgan fingerprint density at radius 1 is 0.595 bits per heavy atom. The third kappa shape index (κ3) is 4.98. The zero-order valence-corrected chi connectivity index (χ0v) is 23.6. The summed E-state index contributed by atoms with van der Waals surface area (Å²) >= 11 is 0. The van der Waals surface area contributed by atoms with Crippen LogP contribution in [0.5, 0.6) is 0 Å². The van der Waals surface area contributed by atoms with Crippen molar-refractivity contribution in [2.24, 2.45) is 5.84 Å². The molecule has 2 aromatic rings. The standard InChI is InChI=1S/C28H41B2N3O4/c1-25(2)26(3,4)35-29(34-25)22-17-21(18-23(19-22)30-36-27(5,6)28(7,8)37-30)20-9-11-24(12-10-20)32-13-15-33(31)16-14-32/h9-12,17-19H,13-16,31H2,1-8H3. The average Bonchev–Trinajstić information content (AvgIpc) is 3.19. The highest BCUT2D eigenvalue weighted by Crippen LogP contribution is 2.38. The van der Waals surface area contributed by atoms with Crippen LogP contribution in [0, 0.1) is 0 Å². The van der Waals surface area contributed by atoms with Gasteiger partial charge in [-0.05, 0) is 89.6 Å². The summed E-state index contributed by atoms with van der Waals surface area (Å²) in [6.45, 7) is 20.2. The minimum absolute atomic E-state index is 0.423. The minimum Gasteiger partial charge on any atom is -0.399 e. The summed E-state index contributed by atoms with van der Waals surface area (Å²) in [6.07, 6.45) is 0. The highest BCUT2D eigenvalue weighted by atomic mass is 16.7. The van der Waals surface area contributed by atoms with Gasteiger partial charge in [-0.1, -0.05) is 30.3 Å². The van der Waals surface area contributed by atoms with Crippen LogP contribution in [0.25, 0.3) is 11.1 Å². The maximum atomic E-state index is 6.42. The number of nitrogens with zero attached hydrogens (tertiary/aromatic N) is 2. The van der Waals surface area contributed by atoms with E-state index in [9.17, 15) is 0 Å².